The first-order valence-corrected chi connectivity index (χ1v) is 4.65. The predicted molar refractivity (Wildman–Crippen MR) is 49.6 cm³/mol. The molecule has 0 aliphatic heterocycles. The molecule has 3 heteroatoms. The van der Waals surface area contributed by atoms with Gasteiger partial charge in [-0.2, -0.15) is 0 Å². The molecule has 0 aromatic heterocycles. The molecule has 2 aliphatic carbocycles. The first kappa shape index (κ1) is 9.31. The predicted octanol–water partition coefficient (Wildman–Crippen LogP) is 1.07. The molecule has 74 valence electrons. The molecular weight excluding hydrogens is 180 g/mol. The van der Waals surface area contributed by atoms with Crippen LogP contribution >= 0.6 is 0 Å². The van der Waals surface area contributed by atoms with Crippen LogP contribution in [-0.2, 0) is 14.4 Å². The molecule has 0 saturated heterocycles. The zero-order chi connectivity index (χ0) is 10.7. The van der Waals surface area contributed by atoms with Gasteiger partial charge in [-0.05, 0) is 33.3 Å². The average molecular weight is 192 g/mol. The monoisotopic (exact) mass is 192 g/mol. The summed E-state index contributed by atoms with van der Waals surface area (Å²) in [6.07, 6.45) is 1.85. The van der Waals surface area contributed by atoms with Gasteiger partial charge in [-0.3, -0.25) is 14.4 Å². The van der Waals surface area contributed by atoms with Crippen LogP contribution in [0.3, 0.4) is 0 Å². The summed E-state index contributed by atoms with van der Waals surface area (Å²) >= 11 is 0. The Bertz CT molecular complexity index is 405. The minimum absolute atomic E-state index is 0.0627. The van der Waals surface area contributed by atoms with Gasteiger partial charge < -0.3 is 0 Å². The van der Waals surface area contributed by atoms with E-state index in [2.05, 4.69) is 0 Å². The van der Waals surface area contributed by atoms with E-state index in [0.29, 0.717) is 6.42 Å². The van der Waals surface area contributed by atoms with Crippen LogP contribution in [-0.4, -0.2) is 17.3 Å². The first-order chi connectivity index (χ1) is 6.39. The SMILES string of the molecule is CC(=O)C12CC1(C(C)=O)C(C)=CC2=O. The Balaban J connectivity index is 2.58. The molecule has 1 fully saturated rings. The van der Waals surface area contributed by atoms with Gasteiger partial charge in [0.05, 0.1) is 5.41 Å². The Hall–Kier alpha value is -1.25. The molecule has 14 heavy (non-hydrogen) atoms. The summed E-state index contributed by atoms with van der Waals surface area (Å²) in [5, 5.41) is 0. The number of carbonyl (C=O) groups excluding carboxylic acids is 3. The molecule has 1 saturated carbocycles. The highest BCUT2D eigenvalue weighted by molar-refractivity contribution is 6.24. The van der Waals surface area contributed by atoms with E-state index in [0.717, 1.165) is 5.57 Å². The van der Waals surface area contributed by atoms with Crippen molar-refractivity contribution in [3.05, 3.63) is 11.6 Å². The number of hydrogen-bond donors (Lipinski definition) is 0. The van der Waals surface area contributed by atoms with Crippen molar-refractivity contribution in [2.24, 2.45) is 10.8 Å². The van der Waals surface area contributed by atoms with Gasteiger partial charge in [0.25, 0.3) is 0 Å². The summed E-state index contributed by atoms with van der Waals surface area (Å²) in [4.78, 5) is 34.6. The number of rotatable bonds is 2. The minimum atomic E-state index is -1.01. The summed E-state index contributed by atoms with van der Waals surface area (Å²) in [6, 6.07) is 0. The molecule has 0 heterocycles. The fraction of sp³-hybridized carbons (Fsp3) is 0.545. The molecule has 0 radical (unpaired) electrons. The molecule has 2 rings (SSSR count). The van der Waals surface area contributed by atoms with Crippen LogP contribution in [0, 0.1) is 10.8 Å². The van der Waals surface area contributed by atoms with Crippen molar-refractivity contribution in [3.63, 3.8) is 0 Å². The largest absolute Gasteiger partial charge is 0.299 e. The van der Waals surface area contributed by atoms with Crippen LogP contribution in [0.25, 0.3) is 0 Å². The third kappa shape index (κ3) is 0.647. The van der Waals surface area contributed by atoms with E-state index >= 15 is 0 Å². The van der Waals surface area contributed by atoms with Crippen LogP contribution in [0.2, 0.25) is 0 Å². The number of Topliss-reactive ketones (excluding diaryl/α,β-unsaturated/α-hetero) is 2. The van der Waals surface area contributed by atoms with Crippen molar-refractivity contribution < 1.29 is 14.4 Å². The topological polar surface area (TPSA) is 51.2 Å². The van der Waals surface area contributed by atoms with Crippen molar-refractivity contribution >= 4 is 17.3 Å². The van der Waals surface area contributed by atoms with Crippen LogP contribution in [0.15, 0.2) is 11.6 Å². The smallest absolute Gasteiger partial charge is 0.170 e. The van der Waals surface area contributed by atoms with E-state index in [-0.39, 0.29) is 17.3 Å². The summed E-state index contributed by atoms with van der Waals surface area (Å²) in [6.45, 7) is 4.62. The van der Waals surface area contributed by atoms with Crippen molar-refractivity contribution in [1.29, 1.82) is 0 Å². The Morgan fingerprint density at radius 2 is 1.71 bits per heavy atom. The van der Waals surface area contributed by atoms with Gasteiger partial charge in [-0.1, -0.05) is 5.57 Å². The first-order valence-electron chi connectivity index (χ1n) is 4.65. The van der Waals surface area contributed by atoms with Crippen LogP contribution < -0.4 is 0 Å². The molecule has 0 aromatic rings. The summed E-state index contributed by atoms with van der Waals surface area (Å²) < 4.78 is 0. The third-order valence-corrected chi connectivity index (χ3v) is 3.78. The van der Waals surface area contributed by atoms with E-state index in [1.54, 1.807) is 6.92 Å². The number of hydrogen-bond acceptors (Lipinski definition) is 3. The molecule has 3 nitrogen and oxygen atoms in total. The van der Waals surface area contributed by atoms with Crippen molar-refractivity contribution in [3.8, 4) is 0 Å². The van der Waals surface area contributed by atoms with Gasteiger partial charge in [0.1, 0.15) is 17.0 Å². The molecule has 0 N–H and O–H groups in total. The van der Waals surface area contributed by atoms with Crippen molar-refractivity contribution in [2.45, 2.75) is 27.2 Å². The second-order valence-electron chi connectivity index (χ2n) is 4.29. The summed E-state index contributed by atoms with van der Waals surface area (Å²) in [7, 11) is 0. The molecule has 0 bridgehead atoms. The minimum Gasteiger partial charge on any atom is -0.299 e. The van der Waals surface area contributed by atoms with Gasteiger partial charge in [-0.15, -0.1) is 0 Å². The van der Waals surface area contributed by atoms with Gasteiger partial charge in [0.2, 0.25) is 0 Å². The van der Waals surface area contributed by atoms with E-state index in [4.69, 9.17) is 0 Å². The zero-order valence-corrected chi connectivity index (χ0v) is 8.51. The third-order valence-electron chi connectivity index (χ3n) is 3.78. The molecule has 2 aliphatic rings. The Morgan fingerprint density at radius 3 is 2.00 bits per heavy atom. The molecular formula is C11H12O3. The van der Waals surface area contributed by atoms with Crippen molar-refractivity contribution in [2.75, 3.05) is 0 Å². The summed E-state index contributed by atoms with van der Waals surface area (Å²) in [5.74, 6) is -0.421. The van der Waals surface area contributed by atoms with E-state index in [1.807, 2.05) is 0 Å². The molecule has 0 amide bonds. The lowest BCUT2D eigenvalue weighted by molar-refractivity contribution is -0.135. The molecule has 2 unspecified atom stereocenters. The van der Waals surface area contributed by atoms with E-state index in [9.17, 15) is 14.4 Å². The maximum absolute atomic E-state index is 11.6. The number of allylic oxidation sites excluding steroid dienone is 2. The van der Waals surface area contributed by atoms with Gasteiger partial charge in [0, 0.05) is 0 Å². The van der Waals surface area contributed by atoms with Gasteiger partial charge >= 0.3 is 0 Å². The highest BCUT2D eigenvalue weighted by Gasteiger charge is 2.79. The summed E-state index contributed by atoms with van der Waals surface area (Å²) in [5.41, 5.74) is -1.02. The Labute approximate surface area is 82.2 Å². The standard InChI is InChI=1S/C11H12O3/c1-6-4-9(14)11(8(3)13)5-10(6,11)7(2)12/h4H,5H2,1-3H3. The van der Waals surface area contributed by atoms with Crippen LogP contribution in [0.1, 0.15) is 27.2 Å². The second kappa shape index (κ2) is 2.22. The maximum Gasteiger partial charge on any atom is 0.170 e. The Kier molecular flexibility index (Phi) is 1.47. The van der Waals surface area contributed by atoms with E-state index < -0.39 is 10.8 Å². The molecule has 0 aromatic carbocycles. The van der Waals surface area contributed by atoms with Crippen molar-refractivity contribution in [1.82, 2.24) is 0 Å². The second-order valence-corrected chi connectivity index (χ2v) is 4.29. The van der Waals surface area contributed by atoms with Gasteiger partial charge in [0.15, 0.2) is 5.78 Å². The molecule has 2 atom stereocenters. The van der Waals surface area contributed by atoms with Crippen LogP contribution in [0.4, 0.5) is 0 Å². The normalized spacial score (nSPS) is 39.1. The lowest BCUT2D eigenvalue weighted by atomic mass is 9.85. The lowest BCUT2D eigenvalue weighted by Crippen LogP contribution is -2.29. The lowest BCUT2D eigenvalue weighted by Gasteiger charge is -2.13. The highest BCUT2D eigenvalue weighted by Crippen LogP contribution is 2.72. The van der Waals surface area contributed by atoms with E-state index in [1.165, 1.54) is 19.9 Å². The number of ketones is 3. The maximum atomic E-state index is 11.6. The Morgan fingerprint density at radius 1 is 1.21 bits per heavy atom. The number of fused-ring (bicyclic) bond motifs is 1. The average Bonchev–Trinajstić information content (AvgIpc) is 2.70. The highest BCUT2D eigenvalue weighted by atomic mass is 16.2. The fourth-order valence-corrected chi connectivity index (χ4v) is 2.87. The van der Waals surface area contributed by atoms with Crippen LogP contribution in [0.5, 0.6) is 0 Å². The molecule has 0 spiro atoms. The quantitative estimate of drug-likeness (QED) is 0.615. The zero-order valence-electron chi connectivity index (χ0n) is 8.51. The fourth-order valence-electron chi connectivity index (χ4n) is 2.87. The number of carbonyl (C=O) groups is 3. The van der Waals surface area contributed by atoms with Gasteiger partial charge in [-0.25, -0.2) is 0 Å².